The number of carbonyl (C=O) groups is 2. The number of amides is 2. The van der Waals surface area contributed by atoms with Crippen molar-refractivity contribution in [3.05, 3.63) is 23.8 Å². The number of likely N-dealkylation sites (tertiary alicyclic amines) is 1. The van der Waals surface area contributed by atoms with Crippen LogP contribution in [-0.2, 0) is 4.79 Å². The standard InChI is InChI=1S/C14H16N2O5/c15-13(18)10-6-9(17)7-16(10)14(19)8-1-2-11-12(5-8)21-4-3-20-11/h1-2,5,9-10,17H,3-4,6-7H2,(H2,15,18). The molecule has 2 aliphatic rings. The van der Waals surface area contributed by atoms with Crippen LogP contribution in [-0.4, -0.2) is 53.7 Å². The molecule has 21 heavy (non-hydrogen) atoms. The summed E-state index contributed by atoms with van der Waals surface area (Å²) in [6, 6.07) is 4.08. The predicted molar refractivity (Wildman–Crippen MR) is 72.1 cm³/mol. The highest BCUT2D eigenvalue weighted by molar-refractivity contribution is 5.98. The first kappa shape index (κ1) is 13.7. The summed E-state index contributed by atoms with van der Waals surface area (Å²) in [6.45, 7) is 1.00. The molecule has 112 valence electrons. The number of hydrogen-bond donors (Lipinski definition) is 2. The number of ether oxygens (including phenoxy) is 2. The lowest BCUT2D eigenvalue weighted by Crippen LogP contribution is -2.43. The van der Waals surface area contributed by atoms with Crippen LogP contribution in [0.15, 0.2) is 18.2 Å². The second-order valence-corrected chi connectivity index (χ2v) is 5.12. The van der Waals surface area contributed by atoms with E-state index < -0.39 is 18.1 Å². The molecule has 3 N–H and O–H groups in total. The van der Waals surface area contributed by atoms with Crippen molar-refractivity contribution < 1.29 is 24.2 Å². The molecule has 2 aliphatic heterocycles. The van der Waals surface area contributed by atoms with Crippen molar-refractivity contribution in [1.29, 1.82) is 0 Å². The largest absolute Gasteiger partial charge is 0.486 e. The number of nitrogens with two attached hydrogens (primary N) is 1. The molecule has 1 aromatic rings. The molecule has 7 heteroatoms. The van der Waals surface area contributed by atoms with Gasteiger partial charge in [0.2, 0.25) is 5.91 Å². The van der Waals surface area contributed by atoms with Crippen LogP contribution in [0.25, 0.3) is 0 Å². The fourth-order valence-corrected chi connectivity index (χ4v) is 2.65. The maximum atomic E-state index is 12.5. The molecular weight excluding hydrogens is 276 g/mol. The quantitative estimate of drug-likeness (QED) is 0.766. The smallest absolute Gasteiger partial charge is 0.254 e. The summed E-state index contributed by atoms with van der Waals surface area (Å²) in [4.78, 5) is 25.2. The van der Waals surface area contributed by atoms with Gasteiger partial charge in [-0.15, -0.1) is 0 Å². The average molecular weight is 292 g/mol. The molecular formula is C14H16N2O5. The summed E-state index contributed by atoms with van der Waals surface area (Å²) in [5.41, 5.74) is 5.66. The van der Waals surface area contributed by atoms with Gasteiger partial charge in [-0.3, -0.25) is 9.59 Å². The fraction of sp³-hybridized carbons (Fsp3) is 0.429. The van der Waals surface area contributed by atoms with Crippen molar-refractivity contribution in [3.63, 3.8) is 0 Å². The molecule has 2 amide bonds. The van der Waals surface area contributed by atoms with Gasteiger partial charge in [0.15, 0.2) is 11.5 Å². The minimum Gasteiger partial charge on any atom is -0.486 e. The highest BCUT2D eigenvalue weighted by Gasteiger charge is 2.38. The van der Waals surface area contributed by atoms with Gasteiger partial charge in [-0.1, -0.05) is 0 Å². The van der Waals surface area contributed by atoms with Crippen LogP contribution in [0.2, 0.25) is 0 Å². The lowest BCUT2D eigenvalue weighted by atomic mass is 10.1. The van der Waals surface area contributed by atoms with E-state index >= 15 is 0 Å². The van der Waals surface area contributed by atoms with E-state index in [0.717, 1.165) is 0 Å². The molecule has 2 heterocycles. The SMILES string of the molecule is NC(=O)C1CC(O)CN1C(=O)c1ccc2c(c1)OCCO2. The summed E-state index contributed by atoms with van der Waals surface area (Å²) in [5, 5.41) is 9.66. The van der Waals surface area contributed by atoms with Gasteiger partial charge in [-0.2, -0.15) is 0 Å². The van der Waals surface area contributed by atoms with Crippen molar-refractivity contribution in [2.24, 2.45) is 5.73 Å². The van der Waals surface area contributed by atoms with Crippen molar-refractivity contribution >= 4 is 11.8 Å². The lowest BCUT2D eigenvalue weighted by Gasteiger charge is -2.23. The third-order valence-electron chi connectivity index (χ3n) is 3.66. The Morgan fingerprint density at radius 1 is 1.24 bits per heavy atom. The normalized spacial score (nSPS) is 24.0. The van der Waals surface area contributed by atoms with Gasteiger partial charge in [0.25, 0.3) is 5.91 Å². The summed E-state index contributed by atoms with van der Waals surface area (Å²) in [7, 11) is 0. The van der Waals surface area contributed by atoms with E-state index in [2.05, 4.69) is 0 Å². The van der Waals surface area contributed by atoms with Gasteiger partial charge in [0.1, 0.15) is 19.3 Å². The Bertz CT molecular complexity index is 589. The van der Waals surface area contributed by atoms with Crippen molar-refractivity contribution in [2.75, 3.05) is 19.8 Å². The van der Waals surface area contributed by atoms with Crippen LogP contribution in [0, 0.1) is 0 Å². The number of fused-ring (bicyclic) bond motifs is 1. The summed E-state index contributed by atoms with van der Waals surface area (Å²) >= 11 is 0. The minimum absolute atomic E-state index is 0.0981. The second kappa shape index (κ2) is 5.25. The molecule has 7 nitrogen and oxygen atoms in total. The van der Waals surface area contributed by atoms with Gasteiger partial charge in [-0.25, -0.2) is 0 Å². The molecule has 2 unspecified atom stereocenters. The zero-order valence-electron chi connectivity index (χ0n) is 11.3. The topological polar surface area (TPSA) is 102 Å². The zero-order chi connectivity index (χ0) is 15.0. The Kier molecular flexibility index (Phi) is 3.42. The second-order valence-electron chi connectivity index (χ2n) is 5.12. The molecule has 1 saturated heterocycles. The number of nitrogens with zero attached hydrogens (tertiary/aromatic N) is 1. The number of hydrogen-bond acceptors (Lipinski definition) is 5. The Balaban J connectivity index is 1.86. The molecule has 0 saturated carbocycles. The van der Waals surface area contributed by atoms with Crippen LogP contribution in [0.5, 0.6) is 11.5 Å². The van der Waals surface area contributed by atoms with Crippen LogP contribution >= 0.6 is 0 Å². The van der Waals surface area contributed by atoms with E-state index in [1.807, 2.05) is 0 Å². The summed E-state index contributed by atoms with van der Waals surface area (Å²) < 4.78 is 10.8. The van der Waals surface area contributed by atoms with Crippen LogP contribution in [0.4, 0.5) is 0 Å². The molecule has 1 fully saturated rings. The third-order valence-corrected chi connectivity index (χ3v) is 3.66. The van der Waals surface area contributed by atoms with E-state index in [-0.39, 0.29) is 18.9 Å². The molecule has 0 bridgehead atoms. The first-order valence-corrected chi connectivity index (χ1v) is 6.74. The van der Waals surface area contributed by atoms with Gasteiger partial charge < -0.3 is 25.2 Å². The number of rotatable bonds is 2. The molecule has 0 aromatic heterocycles. The average Bonchev–Trinajstić information content (AvgIpc) is 2.88. The molecule has 0 spiro atoms. The number of primary amides is 1. The zero-order valence-corrected chi connectivity index (χ0v) is 11.3. The van der Waals surface area contributed by atoms with Crippen molar-refractivity contribution in [3.8, 4) is 11.5 Å². The number of β-amino-alcohol motifs (C(OH)–C–C–N with tert-alkyl or cyclic N) is 1. The fourth-order valence-electron chi connectivity index (χ4n) is 2.65. The first-order valence-electron chi connectivity index (χ1n) is 6.74. The summed E-state index contributed by atoms with van der Waals surface area (Å²) in [6.07, 6.45) is -0.560. The Labute approximate surface area is 121 Å². The van der Waals surface area contributed by atoms with Gasteiger partial charge in [0, 0.05) is 18.5 Å². The number of carbonyl (C=O) groups excluding carboxylic acids is 2. The molecule has 2 atom stereocenters. The van der Waals surface area contributed by atoms with Gasteiger partial charge >= 0.3 is 0 Å². The van der Waals surface area contributed by atoms with Crippen molar-refractivity contribution in [1.82, 2.24) is 4.90 Å². The molecule has 3 rings (SSSR count). The molecule has 0 radical (unpaired) electrons. The maximum Gasteiger partial charge on any atom is 0.254 e. The minimum atomic E-state index is -0.777. The number of aliphatic hydroxyl groups excluding tert-OH is 1. The van der Waals surface area contributed by atoms with E-state index in [1.54, 1.807) is 18.2 Å². The maximum absolute atomic E-state index is 12.5. The Morgan fingerprint density at radius 3 is 2.67 bits per heavy atom. The Morgan fingerprint density at radius 2 is 1.95 bits per heavy atom. The van der Waals surface area contributed by atoms with Gasteiger partial charge in [0.05, 0.1) is 6.10 Å². The number of benzene rings is 1. The Hall–Kier alpha value is -2.28. The van der Waals surface area contributed by atoms with E-state index in [1.165, 1.54) is 4.90 Å². The van der Waals surface area contributed by atoms with E-state index in [4.69, 9.17) is 15.2 Å². The monoisotopic (exact) mass is 292 g/mol. The van der Waals surface area contributed by atoms with Crippen LogP contribution < -0.4 is 15.2 Å². The van der Waals surface area contributed by atoms with Crippen molar-refractivity contribution in [2.45, 2.75) is 18.6 Å². The van der Waals surface area contributed by atoms with Crippen LogP contribution in [0.1, 0.15) is 16.8 Å². The van der Waals surface area contributed by atoms with E-state index in [0.29, 0.717) is 30.3 Å². The molecule has 1 aromatic carbocycles. The lowest BCUT2D eigenvalue weighted by molar-refractivity contribution is -0.121. The summed E-state index contributed by atoms with van der Waals surface area (Å²) in [5.74, 6) is 0.123. The van der Waals surface area contributed by atoms with Crippen LogP contribution in [0.3, 0.4) is 0 Å². The highest BCUT2D eigenvalue weighted by atomic mass is 16.6. The first-order chi connectivity index (χ1) is 10.1. The predicted octanol–water partition coefficient (Wildman–Crippen LogP) is -0.482. The molecule has 0 aliphatic carbocycles. The van der Waals surface area contributed by atoms with E-state index in [9.17, 15) is 14.7 Å². The number of aliphatic hydroxyl groups is 1. The highest BCUT2D eigenvalue weighted by Crippen LogP contribution is 2.32. The van der Waals surface area contributed by atoms with Gasteiger partial charge in [-0.05, 0) is 18.2 Å². The third kappa shape index (κ3) is 2.52.